The van der Waals surface area contributed by atoms with Crippen LogP contribution < -0.4 is 5.32 Å². The number of hydrogen-bond acceptors (Lipinski definition) is 5. The smallest absolute Gasteiger partial charge is 0.278 e. The van der Waals surface area contributed by atoms with E-state index in [9.17, 15) is 4.79 Å². The second-order valence-electron chi connectivity index (χ2n) is 5.32. The van der Waals surface area contributed by atoms with E-state index in [1.54, 1.807) is 13.0 Å². The Morgan fingerprint density at radius 1 is 1.26 bits per heavy atom. The molecule has 6 nitrogen and oxygen atoms in total. The maximum Gasteiger partial charge on any atom is 0.278 e. The van der Waals surface area contributed by atoms with Gasteiger partial charge in [0.25, 0.3) is 5.91 Å². The van der Waals surface area contributed by atoms with Crippen molar-refractivity contribution in [1.82, 2.24) is 15.1 Å². The molecule has 19 heavy (non-hydrogen) atoms. The predicted molar refractivity (Wildman–Crippen MR) is 69.9 cm³/mol. The number of nitrogens with one attached hydrogen (secondary N) is 1. The molecule has 0 atom stereocenters. The average molecular weight is 260 g/mol. The van der Waals surface area contributed by atoms with Crippen LogP contribution in [0.1, 0.15) is 42.6 Å². The zero-order chi connectivity index (χ0) is 14.0. The van der Waals surface area contributed by atoms with Gasteiger partial charge >= 0.3 is 0 Å². The van der Waals surface area contributed by atoms with Crippen LogP contribution in [0, 0.1) is 6.92 Å². The fraction of sp³-hybridized carbons (Fsp3) is 0.385. The Hall–Kier alpha value is -2.24. The molecule has 0 unspecified atom stereocenters. The Balaban J connectivity index is 2.11. The lowest BCUT2D eigenvalue weighted by Crippen LogP contribution is -2.14. The van der Waals surface area contributed by atoms with Crippen molar-refractivity contribution in [2.24, 2.45) is 0 Å². The summed E-state index contributed by atoms with van der Waals surface area (Å²) in [4.78, 5) is 19.9. The van der Waals surface area contributed by atoms with Crippen molar-refractivity contribution in [3.05, 3.63) is 35.5 Å². The van der Waals surface area contributed by atoms with E-state index in [0.717, 1.165) is 11.4 Å². The number of carbonyl (C=O) groups excluding carboxylic acids is 1. The lowest BCUT2D eigenvalue weighted by Gasteiger charge is -2.12. The maximum atomic E-state index is 11.9. The summed E-state index contributed by atoms with van der Waals surface area (Å²) in [5, 5.41) is 6.52. The van der Waals surface area contributed by atoms with Crippen molar-refractivity contribution in [2.75, 3.05) is 5.32 Å². The van der Waals surface area contributed by atoms with Crippen LogP contribution >= 0.6 is 0 Å². The van der Waals surface area contributed by atoms with Crippen LogP contribution in [0.4, 0.5) is 5.88 Å². The fourth-order valence-corrected chi connectivity index (χ4v) is 1.37. The molecule has 0 fully saturated rings. The van der Waals surface area contributed by atoms with Gasteiger partial charge in [-0.05, 0) is 6.92 Å². The van der Waals surface area contributed by atoms with Crippen LogP contribution in [0.15, 0.2) is 23.0 Å². The summed E-state index contributed by atoms with van der Waals surface area (Å²) >= 11 is 0. The number of hydrogen-bond donors (Lipinski definition) is 1. The third-order valence-electron chi connectivity index (χ3n) is 2.53. The first-order chi connectivity index (χ1) is 8.86. The zero-order valence-corrected chi connectivity index (χ0v) is 11.4. The average Bonchev–Trinajstić information content (AvgIpc) is 2.78. The molecule has 0 aromatic carbocycles. The summed E-state index contributed by atoms with van der Waals surface area (Å²) in [6.45, 7) is 7.85. The van der Waals surface area contributed by atoms with Crippen molar-refractivity contribution in [2.45, 2.75) is 33.1 Å². The SMILES string of the molecule is Cc1cnc(C(=O)Nc2cc(C(C)(C)C)no2)cn1. The monoisotopic (exact) mass is 260 g/mol. The van der Waals surface area contributed by atoms with Crippen LogP contribution in [0.5, 0.6) is 0 Å². The van der Waals surface area contributed by atoms with E-state index in [1.807, 2.05) is 20.8 Å². The van der Waals surface area contributed by atoms with Crippen LogP contribution in [0.3, 0.4) is 0 Å². The zero-order valence-electron chi connectivity index (χ0n) is 11.4. The fourth-order valence-electron chi connectivity index (χ4n) is 1.37. The van der Waals surface area contributed by atoms with Gasteiger partial charge in [0.2, 0.25) is 5.88 Å². The van der Waals surface area contributed by atoms with Crippen LogP contribution in [-0.4, -0.2) is 21.0 Å². The molecule has 2 aromatic rings. The second-order valence-corrected chi connectivity index (χ2v) is 5.32. The first-order valence-corrected chi connectivity index (χ1v) is 5.93. The molecule has 0 radical (unpaired) electrons. The van der Waals surface area contributed by atoms with E-state index in [-0.39, 0.29) is 17.0 Å². The Morgan fingerprint density at radius 2 is 2.00 bits per heavy atom. The molecular weight excluding hydrogens is 244 g/mol. The van der Waals surface area contributed by atoms with Gasteiger partial charge in [0, 0.05) is 17.7 Å². The maximum absolute atomic E-state index is 11.9. The van der Waals surface area contributed by atoms with Gasteiger partial charge in [-0.25, -0.2) is 4.98 Å². The molecule has 0 aliphatic heterocycles. The van der Waals surface area contributed by atoms with Crippen LogP contribution in [-0.2, 0) is 5.41 Å². The van der Waals surface area contributed by atoms with Crippen LogP contribution in [0.2, 0.25) is 0 Å². The number of rotatable bonds is 2. The van der Waals surface area contributed by atoms with Gasteiger partial charge in [0.1, 0.15) is 5.69 Å². The number of aryl methyl sites for hydroxylation is 1. The van der Waals surface area contributed by atoms with E-state index in [2.05, 4.69) is 20.4 Å². The summed E-state index contributed by atoms with van der Waals surface area (Å²) in [5.74, 6) is -0.0681. The van der Waals surface area contributed by atoms with Gasteiger partial charge in [-0.3, -0.25) is 15.1 Å². The molecule has 0 bridgehead atoms. The minimum Gasteiger partial charge on any atom is -0.338 e. The molecule has 2 rings (SSSR count). The number of anilines is 1. The molecule has 0 saturated carbocycles. The standard InChI is InChI=1S/C13H16N4O2/c1-8-6-15-9(7-14-8)12(18)16-11-5-10(17-19-11)13(2,3)4/h5-7H,1-4H3,(H,16,18). The highest BCUT2D eigenvalue weighted by Crippen LogP contribution is 2.23. The van der Waals surface area contributed by atoms with Crippen molar-refractivity contribution in [3.8, 4) is 0 Å². The third kappa shape index (κ3) is 3.15. The largest absolute Gasteiger partial charge is 0.338 e. The van der Waals surface area contributed by atoms with Gasteiger partial charge in [-0.1, -0.05) is 25.9 Å². The molecule has 0 aliphatic rings. The van der Waals surface area contributed by atoms with Gasteiger partial charge in [-0.15, -0.1) is 0 Å². The second kappa shape index (κ2) is 4.79. The normalized spacial score (nSPS) is 11.4. The first kappa shape index (κ1) is 13.2. The first-order valence-electron chi connectivity index (χ1n) is 5.93. The number of aromatic nitrogens is 3. The van der Waals surface area contributed by atoms with E-state index >= 15 is 0 Å². The highest BCUT2D eigenvalue weighted by Gasteiger charge is 2.20. The summed E-state index contributed by atoms with van der Waals surface area (Å²) in [5.41, 5.74) is 1.64. The molecule has 1 N–H and O–H groups in total. The molecular formula is C13H16N4O2. The molecule has 0 spiro atoms. The van der Waals surface area contributed by atoms with E-state index in [4.69, 9.17) is 4.52 Å². The van der Waals surface area contributed by atoms with Crippen molar-refractivity contribution in [1.29, 1.82) is 0 Å². The number of nitrogens with zero attached hydrogens (tertiary/aromatic N) is 3. The number of carbonyl (C=O) groups is 1. The number of amides is 1. The van der Waals surface area contributed by atoms with Gasteiger partial charge in [0.05, 0.1) is 17.6 Å². The lowest BCUT2D eigenvalue weighted by atomic mass is 9.92. The lowest BCUT2D eigenvalue weighted by molar-refractivity contribution is 0.101. The summed E-state index contributed by atoms with van der Waals surface area (Å²) in [7, 11) is 0. The van der Waals surface area contributed by atoms with Crippen molar-refractivity contribution in [3.63, 3.8) is 0 Å². The summed E-state index contributed by atoms with van der Waals surface area (Å²) in [6.07, 6.45) is 2.96. The van der Waals surface area contributed by atoms with E-state index in [0.29, 0.717) is 5.88 Å². The molecule has 2 heterocycles. The summed E-state index contributed by atoms with van der Waals surface area (Å²) < 4.78 is 5.08. The minimum absolute atomic E-state index is 0.129. The molecule has 0 saturated heterocycles. The Kier molecular flexibility index (Phi) is 3.33. The Morgan fingerprint density at radius 3 is 2.53 bits per heavy atom. The molecule has 1 amide bonds. The van der Waals surface area contributed by atoms with Gasteiger partial charge in [0.15, 0.2) is 0 Å². The van der Waals surface area contributed by atoms with E-state index in [1.165, 1.54) is 12.4 Å². The third-order valence-corrected chi connectivity index (χ3v) is 2.53. The predicted octanol–water partition coefficient (Wildman–Crippen LogP) is 2.32. The van der Waals surface area contributed by atoms with Crippen molar-refractivity contribution < 1.29 is 9.32 Å². The molecule has 2 aromatic heterocycles. The topological polar surface area (TPSA) is 80.9 Å². The Bertz CT molecular complexity index is 581. The Labute approximate surface area is 111 Å². The quantitative estimate of drug-likeness (QED) is 0.896. The summed E-state index contributed by atoms with van der Waals surface area (Å²) in [6, 6.07) is 1.71. The van der Waals surface area contributed by atoms with Crippen molar-refractivity contribution >= 4 is 11.8 Å². The highest BCUT2D eigenvalue weighted by atomic mass is 16.5. The molecule has 6 heteroatoms. The van der Waals surface area contributed by atoms with Gasteiger partial charge < -0.3 is 4.52 Å². The molecule has 0 aliphatic carbocycles. The molecule has 100 valence electrons. The minimum atomic E-state index is -0.371. The highest BCUT2D eigenvalue weighted by molar-refractivity contribution is 6.01. The van der Waals surface area contributed by atoms with Crippen LogP contribution in [0.25, 0.3) is 0 Å². The van der Waals surface area contributed by atoms with E-state index < -0.39 is 0 Å². The van der Waals surface area contributed by atoms with Gasteiger partial charge in [-0.2, -0.15) is 0 Å².